The molecule has 1 N–H and O–H groups in total. The molecule has 1 aliphatic rings. The molecule has 25 heavy (non-hydrogen) atoms. The quantitative estimate of drug-likeness (QED) is 0.850. The van der Waals surface area contributed by atoms with Crippen molar-refractivity contribution in [3.63, 3.8) is 0 Å². The van der Waals surface area contributed by atoms with Gasteiger partial charge in [-0.2, -0.15) is 0 Å². The van der Waals surface area contributed by atoms with E-state index in [0.717, 1.165) is 30.0 Å². The Bertz CT molecular complexity index is 754. The van der Waals surface area contributed by atoms with E-state index < -0.39 is 5.97 Å². The first-order valence-electron chi connectivity index (χ1n) is 8.75. The van der Waals surface area contributed by atoms with Gasteiger partial charge in [-0.05, 0) is 50.4 Å². The summed E-state index contributed by atoms with van der Waals surface area (Å²) in [5, 5.41) is 10.2. The van der Waals surface area contributed by atoms with Crippen LogP contribution in [-0.2, 0) is 4.79 Å². The third-order valence-electron chi connectivity index (χ3n) is 4.93. The Labute approximate surface area is 154 Å². The topological polar surface area (TPSA) is 40.5 Å². The van der Waals surface area contributed by atoms with Crippen molar-refractivity contribution in [3.8, 4) is 0 Å². The predicted molar refractivity (Wildman–Crippen MR) is 101 cm³/mol. The van der Waals surface area contributed by atoms with Crippen LogP contribution < -0.4 is 0 Å². The average Bonchev–Trinajstić information content (AvgIpc) is 2.56. The van der Waals surface area contributed by atoms with Crippen LogP contribution in [0.2, 0.25) is 5.02 Å². The first kappa shape index (κ1) is 18.0. The molecule has 2 unspecified atom stereocenters. The summed E-state index contributed by atoms with van der Waals surface area (Å²) in [7, 11) is 0. The van der Waals surface area contributed by atoms with Crippen molar-refractivity contribution < 1.29 is 9.90 Å². The molecule has 0 aliphatic carbocycles. The Hall–Kier alpha value is -1.84. The molecule has 2 aromatic rings. The number of nitrogens with zero attached hydrogens (tertiary/aromatic N) is 1. The van der Waals surface area contributed by atoms with Gasteiger partial charge in [0, 0.05) is 11.6 Å². The molecule has 3 nitrogen and oxygen atoms in total. The number of hydrogen-bond donors (Lipinski definition) is 1. The summed E-state index contributed by atoms with van der Waals surface area (Å²) in [6.45, 7) is 5.62. The van der Waals surface area contributed by atoms with Crippen molar-refractivity contribution in [1.82, 2.24) is 4.90 Å². The number of hydrogen-bond acceptors (Lipinski definition) is 2. The van der Waals surface area contributed by atoms with Gasteiger partial charge in [0.15, 0.2) is 0 Å². The van der Waals surface area contributed by atoms with Crippen molar-refractivity contribution in [2.45, 2.75) is 32.7 Å². The van der Waals surface area contributed by atoms with Crippen molar-refractivity contribution in [2.24, 2.45) is 5.92 Å². The zero-order chi connectivity index (χ0) is 18.0. The summed E-state index contributed by atoms with van der Waals surface area (Å²) in [5.41, 5.74) is 4.63. The maximum absolute atomic E-state index is 11.5. The van der Waals surface area contributed by atoms with Crippen LogP contribution in [0, 0.1) is 19.8 Å². The summed E-state index contributed by atoms with van der Waals surface area (Å²) < 4.78 is 0. The second-order valence-electron chi connectivity index (χ2n) is 7.02. The van der Waals surface area contributed by atoms with Crippen molar-refractivity contribution >= 4 is 17.6 Å². The third-order valence-corrected chi connectivity index (χ3v) is 5.27. The van der Waals surface area contributed by atoms with E-state index in [9.17, 15) is 9.90 Å². The number of benzene rings is 2. The monoisotopic (exact) mass is 357 g/mol. The van der Waals surface area contributed by atoms with E-state index in [1.807, 2.05) is 18.2 Å². The molecule has 132 valence electrons. The van der Waals surface area contributed by atoms with Crippen LogP contribution in [0.25, 0.3) is 0 Å². The van der Waals surface area contributed by atoms with Gasteiger partial charge >= 0.3 is 5.97 Å². The molecular weight excluding hydrogens is 334 g/mol. The van der Waals surface area contributed by atoms with E-state index in [2.05, 4.69) is 43.0 Å². The van der Waals surface area contributed by atoms with Gasteiger partial charge in [0.1, 0.15) is 0 Å². The summed E-state index contributed by atoms with van der Waals surface area (Å²) in [4.78, 5) is 13.8. The van der Waals surface area contributed by atoms with Gasteiger partial charge in [0.25, 0.3) is 0 Å². The van der Waals surface area contributed by atoms with Gasteiger partial charge in [-0.3, -0.25) is 9.69 Å². The number of piperidine rings is 1. The largest absolute Gasteiger partial charge is 0.481 e. The number of carboxylic acids is 1. The Morgan fingerprint density at radius 3 is 2.52 bits per heavy atom. The predicted octanol–water partition coefficient (Wildman–Crippen LogP) is 4.84. The van der Waals surface area contributed by atoms with Crippen LogP contribution >= 0.6 is 11.6 Å². The first-order chi connectivity index (χ1) is 12.0. The fraction of sp³-hybridized carbons (Fsp3) is 0.381. The molecule has 1 fully saturated rings. The van der Waals surface area contributed by atoms with E-state index in [1.165, 1.54) is 16.7 Å². The van der Waals surface area contributed by atoms with Crippen LogP contribution in [0.1, 0.15) is 41.1 Å². The Kier molecular flexibility index (Phi) is 5.45. The van der Waals surface area contributed by atoms with E-state index in [4.69, 9.17) is 11.6 Å². The second kappa shape index (κ2) is 7.59. The van der Waals surface area contributed by atoms with Crippen LogP contribution in [0.5, 0.6) is 0 Å². The zero-order valence-electron chi connectivity index (χ0n) is 14.7. The summed E-state index contributed by atoms with van der Waals surface area (Å²) in [6, 6.07) is 14.4. The molecule has 0 bridgehead atoms. The molecule has 1 heterocycles. The number of carbonyl (C=O) groups is 1. The molecule has 0 amide bonds. The molecule has 2 aromatic carbocycles. The van der Waals surface area contributed by atoms with E-state index in [1.54, 1.807) is 0 Å². The van der Waals surface area contributed by atoms with Crippen molar-refractivity contribution in [2.75, 3.05) is 13.1 Å². The van der Waals surface area contributed by atoms with Crippen LogP contribution in [-0.4, -0.2) is 29.1 Å². The van der Waals surface area contributed by atoms with Gasteiger partial charge in [-0.15, -0.1) is 0 Å². The maximum Gasteiger partial charge on any atom is 0.307 e. The molecular formula is C21H24ClNO2. The zero-order valence-corrected chi connectivity index (χ0v) is 15.5. The van der Waals surface area contributed by atoms with E-state index in [0.29, 0.717) is 6.54 Å². The lowest BCUT2D eigenvalue weighted by Crippen LogP contribution is -2.41. The van der Waals surface area contributed by atoms with Crippen molar-refractivity contribution in [1.29, 1.82) is 0 Å². The van der Waals surface area contributed by atoms with Crippen LogP contribution in [0.15, 0.2) is 42.5 Å². The molecule has 0 aromatic heterocycles. The smallest absolute Gasteiger partial charge is 0.307 e. The minimum absolute atomic E-state index is 0.0190. The molecule has 0 spiro atoms. The molecule has 4 heteroatoms. The highest BCUT2D eigenvalue weighted by molar-refractivity contribution is 6.31. The number of halogens is 1. The fourth-order valence-electron chi connectivity index (χ4n) is 3.89. The fourth-order valence-corrected chi connectivity index (χ4v) is 4.13. The second-order valence-corrected chi connectivity index (χ2v) is 7.42. The third kappa shape index (κ3) is 4.05. The molecule has 1 aliphatic heterocycles. The molecule has 0 radical (unpaired) electrons. The summed E-state index contributed by atoms with van der Waals surface area (Å²) in [6.07, 6.45) is 1.64. The molecule has 3 rings (SSSR count). The van der Waals surface area contributed by atoms with Gasteiger partial charge in [-0.1, -0.05) is 59.1 Å². The standard InChI is InChI=1S/C21H24ClNO2/c1-14-10-15(2)12-17(11-14)20(18-7-3-4-8-19(18)22)23-9-5-6-16(13-23)21(24)25/h3-4,7-8,10-12,16,20H,5-6,9,13H2,1-2H3,(H,24,25). The van der Waals surface area contributed by atoms with E-state index in [-0.39, 0.29) is 12.0 Å². The Balaban J connectivity index is 2.06. The minimum Gasteiger partial charge on any atom is -0.481 e. The number of aliphatic carboxylic acids is 1. The normalized spacial score (nSPS) is 19.6. The highest BCUT2D eigenvalue weighted by Gasteiger charge is 2.32. The number of carboxylic acid groups (broad SMARTS) is 1. The average molecular weight is 358 g/mol. The lowest BCUT2D eigenvalue weighted by atomic mass is 9.90. The molecule has 2 atom stereocenters. The van der Waals surface area contributed by atoms with Crippen LogP contribution in [0.3, 0.4) is 0 Å². The summed E-state index contributed by atoms with van der Waals surface area (Å²) >= 11 is 6.52. The number of aryl methyl sites for hydroxylation is 2. The number of rotatable bonds is 4. The maximum atomic E-state index is 11.5. The van der Waals surface area contributed by atoms with Crippen LogP contribution in [0.4, 0.5) is 0 Å². The van der Waals surface area contributed by atoms with Crippen molar-refractivity contribution in [3.05, 3.63) is 69.7 Å². The van der Waals surface area contributed by atoms with Gasteiger partial charge in [0.05, 0.1) is 12.0 Å². The highest BCUT2D eigenvalue weighted by atomic mass is 35.5. The lowest BCUT2D eigenvalue weighted by molar-refractivity contribution is -0.143. The Morgan fingerprint density at radius 1 is 1.20 bits per heavy atom. The molecule has 1 saturated heterocycles. The lowest BCUT2D eigenvalue weighted by Gasteiger charge is -2.38. The summed E-state index contributed by atoms with van der Waals surface area (Å²) in [5.74, 6) is -1.02. The number of likely N-dealkylation sites (tertiary alicyclic amines) is 1. The SMILES string of the molecule is Cc1cc(C)cc(C(c2ccccc2Cl)N2CCCC(C(=O)O)C2)c1. The van der Waals surface area contributed by atoms with Gasteiger partial charge in [-0.25, -0.2) is 0 Å². The Morgan fingerprint density at radius 2 is 1.88 bits per heavy atom. The minimum atomic E-state index is -0.706. The molecule has 0 saturated carbocycles. The van der Waals surface area contributed by atoms with Gasteiger partial charge < -0.3 is 5.11 Å². The van der Waals surface area contributed by atoms with Gasteiger partial charge in [0.2, 0.25) is 0 Å². The highest BCUT2D eigenvalue weighted by Crippen LogP contribution is 2.36. The first-order valence-corrected chi connectivity index (χ1v) is 9.13. The van der Waals surface area contributed by atoms with E-state index >= 15 is 0 Å².